The Kier molecular flexibility index (Phi) is 3.60. The Hall–Kier alpha value is -1.20. The van der Waals surface area contributed by atoms with Crippen molar-refractivity contribution in [2.24, 2.45) is 5.73 Å². The van der Waals surface area contributed by atoms with Crippen LogP contribution in [0.4, 0.5) is 8.78 Å². The highest BCUT2D eigenvalue weighted by atomic mass is 19.2. The molecule has 0 radical (unpaired) electrons. The summed E-state index contributed by atoms with van der Waals surface area (Å²) in [6.07, 6.45) is -1.30. The van der Waals surface area contributed by atoms with Gasteiger partial charge in [0, 0.05) is 6.04 Å². The Morgan fingerprint density at radius 3 is 2.47 bits per heavy atom. The quantitative estimate of drug-likeness (QED) is 0.803. The van der Waals surface area contributed by atoms with Crippen LogP contribution in [0.25, 0.3) is 0 Å². The molecule has 3 nitrogen and oxygen atoms in total. The van der Waals surface area contributed by atoms with E-state index in [1.807, 2.05) is 0 Å². The van der Waals surface area contributed by atoms with E-state index in [-0.39, 0.29) is 11.3 Å². The van der Waals surface area contributed by atoms with E-state index in [1.54, 1.807) is 0 Å². The summed E-state index contributed by atoms with van der Waals surface area (Å²) >= 11 is 0. The predicted molar refractivity (Wildman–Crippen MR) is 51.5 cm³/mol. The summed E-state index contributed by atoms with van der Waals surface area (Å²) in [6.45, 7) is 1.49. The molecule has 15 heavy (non-hydrogen) atoms. The molecule has 0 heterocycles. The summed E-state index contributed by atoms with van der Waals surface area (Å²) in [4.78, 5) is 0. The van der Waals surface area contributed by atoms with Gasteiger partial charge in [-0.25, -0.2) is 8.78 Å². The fourth-order valence-corrected chi connectivity index (χ4v) is 1.27. The first kappa shape index (κ1) is 11.9. The van der Waals surface area contributed by atoms with Crippen molar-refractivity contribution in [1.29, 1.82) is 0 Å². The predicted octanol–water partition coefficient (Wildman–Crippen LogP) is 1.35. The highest BCUT2D eigenvalue weighted by molar-refractivity contribution is 5.37. The van der Waals surface area contributed by atoms with Gasteiger partial charge in [-0.3, -0.25) is 0 Å². The minimum Gasteiger partial charge on any atom is -0.496 e. The Labute approximate surface area is 86.5 Å². The summed E-state index contributed by atoms with van der Waals surface area (Å²) in [5.41, 5.74) is 5.17. The maximum Gasteiger partial charge on any atom is 0.168 e. The van der Waals surface area contributed by atoms with Crippen LogP contribution in [0.2, 0.25) is 0 Å². The highest BCUT2D eigenvalue weighted by Crippen LogP contribution is 2.30. The summed E-state index contributed by atoms with van der Waals surface area (Å²) in [5, 5.41) is 9.60. The van der Waals surface area contributed by atoms with Crippen LogP contribution in [0.3, 0.4) is 0 Å². The third-order valence-electron chi connectivity index (χ3n) is 2.11. The first-order chi connectivity index (χ1) is 6.99. The summed E-state index contributed by atoms with van der Waals surface area (Å²) in [7, 11) is 1.31. The van der Waals surface area contributed by atoms with Crippen molar-refractivity contribution in [2.45, 2.75) is 19.1 Å². The number of nitrogens with two attached hydrogens (primary N) is 1. The van der Waals surface area contributed by atoms with Gasteiger partial charge in [-0.1, -0.05) is 0 Å². The Balaban J connectivity index is 3.29. The normalized spacial score (nSPS) is 14.8. The molecule has 1 aromatic rings. The Morgan fingerprint density at radius 1 is 1.40 bits per heavy atom. The van der Waals surface area contributed by atoms with Gasteiger partial charge in [0.1, 0.15) is 11.9 Å². The molecule has 0 saturated carbocycles. The van der Waals surface area contributed by atoms with E-state index < -0.39 is 23.8 Å². The molecule has 0 aliphatic rings. The van der Waals surface area contributed by atoms with Crippen LogP contribution in [-0.4, -0.2) is 18.3 Å². The molecule has 0 aliphatic heterocycles. The number of ether oxygens (including phenoxy) is 1. The zero-order valence-electron chi connectivity index (χ0n) is 8.50. The molecule has 0 aromatic heterocycles. The monoisotopic (exact) mass is 217 g/mol. The third-order valence-corrected chi connectivity index (χ3v) is 2.11. The van der Waals surface area contributed by atoms with Crippen LogP contribution < -0.4 is 10.5 Å². The molecule has 84 valence electrons. The van der Waals surface area contributed by atoms with Crippen LogP contribution in [-0.2, 0) is 0 Å². The second-order valence-electron chi connectivity index (χ2n) is 3.28. The van der Waals surface area contributed by atoms with Gasteiger partial charge in [-0.05, 0) is 19.1 Å². The van der Waals surface area contributed by atoms with Crippen LogP contribution >= 0.6 is 0 Å². The molecule has 2 atom stereocenters. The number of halogens is 2. The molecule has 0 fully saturated rings. The first-order valence-electron chi connectivity index (χ1n) is 4.44. The van der Waals surface area contributed by atoms with Crippen molar-refractivity contribution in [3.8, 4) is 5.75 Å². The van der Waals surface area contributed by atoms with Crippen molar-refractivity contribution >= 4 is 0 Å². The number of aliphatic hydroxyl groups is 1. The fourth-order valence-electron chi connectivity index (χ4n) is 1.27. The molecule has 3 N–H and O–H groups in total. The zero-order valence-corrected chi connectivity index (χ0v) is 8.50. The topological polar surface area (TPSA) is 55.5 Å². The summed E-state index contributed by atoms with van der Waals surface area (Å²) in [6, 6.07) is 1.47. The first-order valence-corrected chi connectivity index (χ1v) is 4.44. The molecule has 5 heteroatoms. The number of methoxy groups -OCH3 is 1. The lowest BCUT2D eigenvalue weighted by Crippen LogP contribution is -2.26. The van der Waals surface area contributed by atoms with E-state index in [9.17, 15) is 13.9 Å². The summed E-state index contributed by atoms with van der Waals surface area (Å²) in [5.74, 6) is -2.08. The minimum absolute atomic E-state index is 0.0821. The third kappa shape index (κ3) is 2.24. The van der Waals surface area contributed by atoms with Crippen molar-refractivity contribution in [3.63, 3.8) is 0 Å². The highest BCUT2D eigenvalue weighted by Gasteiger charge is 2.23. The van der Waals surface area contributed by atoms with Gasteiger partial charge in [0.05, 0.1) is 12.7 Å². The molecular weight excluding hydrogens is 204 g/mol. The molecule has 2 unspecified atom stereocenters. The van der Waals surface area contributed by atoms with Crippen molar-refractivity contribution in [1.82, 2.24) is 0 Å². The standard InChI is InChI=1S/C10H13F2NO2/c1-5(13)10(14)8-7(15-2)4-3-6(11)9(8)12/h3-5,10,14H,13H2,1-2H3. The Bertz CT molecular complexity index is 356. The lowest BCUT2D eigenvalue weighted by atomic mass is 10.0. The van der Waals surface area contributed by atoms with E-state index in [2.05, 4.69) is 0 Å². The molecular formula is C10H13F2NO2. The molecule has 0 spiro atoms. The SMILES string of the molecule is COc1ccc(F)c(F)c1C(O)C(C)N. The van der Waals surface area contributed by atoms with E-state index in [0.29, 0.717) is 0 Å². The second-order valence-corrected chi connectivity index (χ2v) is 3.28. The van der Waals surface area contributed by atoms with Crippen LogP contribution in [0.15, 0.2) is 12.1 Å². The second kappa shape index (κ2) is 4.55. The minimum atomic E-state index is -1.30. The zero-order chi connectivity index (χ0) is 11.6. The maximum absolute atomic E-state index is 13.4. The average Bonchev–Trinajstić information content (AvgIpc) is 2.20. The smallest absolute Gasteiger partial charge is 0.168 e. The lowest BCUT2D eigenvalue weighted by molar-refractivity contribution is 0.143. The number of hydrogen-bond donors (Lipinski definition) is 2. The van der Waals surface area contributed by atoms with Crippen molar-refractivity contribution < 1.29 is 18.6 Å². The van der Waals surface area contributed by atoms with Gasteiger partial charge in [0.25, 0.3) is 0 Å². The van der Waals surface area contributed by atoms with Crippen LogP contribution in [0, 0.1) is 11.6 Å². The van der Waals surface area contributed by atoms with Crippen LogP contribution in [0.1, 0.15) is 18.6 Å². The van der Waals surface area contributed by atoms with E-state index in [0.717, 1.165) is 6.07 Å². The van der Waals surface area contributed by atoms with Gasteiger partial charge in [0.15, 0.2) is 11.6 Å². The maximum atomic E-state index is 13.4. The Morgan fingerprint density at radius 2 is 2.00 bits per heavy atom. The number of benzene rings is 1. The molecule has 0 bridgehead atoms. The van der Waals surface area contributed by atoms with Gasteiger partial charge < -0.3 is 15.6 Å². The molecule has 0 saturated heterocycles. The lowest BCUT2D eigenvalue weighted by Gasteiger charge is -2.18. The van der Waals surface area contributed by atoms with E-state index >= 15 is 0 Å². The summed E-state index contributed by atoms with van der Waals surface area (Å²) < 4.78 is 31.2. The van der Waals surface area contributed by atoms with Crippen molar-refractivity contribution in [2.75, 3.05) is 7.11 Å². The van der Waals surface area contributed by atoms with E-state index in [4.69, 9.17) is 10.5 Å². The molecule has 1 rings (SSSR count). The van der Waals surface area contributed by atoms with E-state index in [1.165, 1.54) is 20.1 Å². The molecule has 1 aromatic carbocycles. The number of hydrogen-bond acceptors (Lipinski definition) is 3. The number of aliphatic hydroxyl groups excluding tert-OH is 1. The number of rotatable bonds is 3. The van der Waals surface area contributed by atoms with Gasteiger partial charge in [-0.15, -0.1) is 0 Å². The van der Waals surface area contributed by atoms with Crippen molar-refractivity contribution in [3.05, 3.63) is 29.3 Å². The van der Waals surface area contributed by atoms with Gasteiger partial charge in [-0.2, -0.15) is 0 Å². The molecule has 0 aliphatic carbocycles. The van der Waals surface area contributed by atoms with Crippen LogP contribution in [0.5, 0.6) is 5.75 Å². The largest absolute Gasteiger partial charge is 0.496 e. The fraction of sp³-hybridized carbons (Fsp3) is 0.400. The molecule has 0 amide bonds. The van der Waals surface area contributed by atoms with Gasteiger partial charge in [0.2, 0.25) is 0 Å². The van der Waals surface area contributed by atoms with Gasteiger partial charge >= 0.3 is 0 Å². The average molecular weight is 217 g/mol.